The Labute approximate surface area is 159 Å². The maximum atomic E-state index is 13.1. The molecule has 0 saturated heterocycles. The van der Waals surface area contributed by atoms with Crippen molar-refractivity contribution in [2.24, 2.45) is 5.41 Å². The number of carbonyl (C=O) groups is 1. The highest BCUT2D eigenvalue weighted by Gasteiger charge is 2.37. The number of H-pyrrole nitrogens is 1. The third-order valence-corrected chi connectivity index (χ3v) is 6.34. The number of carbonyl (C=O) groups excluding carboxylic acids is 1. The third kappa shape index (κ3) is 3.97. The van der Waals surface area contributed by atoms with E-state index in [-0.39, 0.29) is 16.9 Å². The molecule has 2 aromatic rings. The van der Waals surface area contributed by atoms with Crippen LogP contribution in [0.25, 0.3) is 0 Å². The predicted molar refractivity (Wildman–Crippen MR) is 104 cm³/mol. The van der Waals surface area contributed by atoms with Gasteiger partial charge in [-0.1, -0.05) is 43.2 Å². The van der Waals surface area contributed by atoms with Crippen LogP contribution in [0.2, 0.25) is 0 Å². The lowest BCUT2D eigenvalue weighted by Crippen LogP contribution is -2.41. The molecule has 1 saturated carbocycles. The molecule has 0 atom stereocenters. The minimum absolute atomic E-state index is 0.114. The molecule has 4 rings (SSSR count). The van der Waals surface area contributed by atoms with Gasteiger partial charge in [0.1, 0.15) is 0 Å². The molecule has 1 aliphatic heterocycles. The molecule has 1 aliphatic carbocycles. The Kier molecular flexibility index (Phi) is 5.10. The number of aromatic amines is 1. The Hall–Kier alpha value is -2.43. The fraction of sp³-hybridized carbons (Fsp3) is 0.500. The molecular formula is C22H27N3O2. The number of nitrogens with zero attached hydrogens (tertiary/aromatic N) is 2. The van der Waals surface area contributed by atoms with E-state index >= 15 is 0 Å². The second kappa shape index (κ2) is 7.67. The molecule has 2 aliphatic rings. The molecule has 1 N–H and O–H groups in total. The summed E-state index contributed by atoms with van der Waals surface area (Å²) in [6, 6.07) is 10.6. The summed E-state index contributed by atoms with van der Waals surface area (Å²) in [5.41, 5.74) is 2.84. The number of hydrogen-bond acceptors (Lipinski definition) is 3. The van der Waals surface area contributed by atoms with E-state index in [9.17, 15) is 9.59 Å². The second-order valence-corrected chi connectivity index (χ2v) is 8.09. The molecule has 27 heavy (non-hydrogen) atoms. The predicted octanol–water partition coefficient (Wildman–Crippen LogP) is 3.24. The lowest BCUT2D eigenvalue weighted by atomic mass is 9.77. The smallest absolute Gasteiger partial charge is 0.255 e. The lowest BCUT2D eigenvalue weighted by molar-refractivity contribution is -0.134. The summed E-state index contributed by atoms with van der Waals surface area (Å²) in [6.07, 6.45) is 9.53. The van der Waals surface area contributed by atoms with Crippen molar-refractivity contribution in [3.05, 3.63) is 63.8 Å². The van der Waals surface area contributed by atoms with E-state index in [1.54, 1.807) is 0 Å². The van der Waals surface area contributed by atoms with Crippen LogP contribution in [0.5, 0.6) is 0 Å². The lowest BCUT2D eigenvalue weighted by Gasteiger charge is -2.33. The minimum Gasteiger partial charge on any atom is -0.338 e. The van der Waals surface area contributed by atoms with Crippen LogP contribution in [0.4, 0.5) is 0 Å². The van der Waals surface area contributed by atoms with Gasteiger partial charge in [-0.15, -0.1) is 0 Å². The summed E-state index contributed by atoms with van der Waals surface area (Å²) in [5, 5.41) is 0. The summed E-state index contributed by atoms with van der Waals surface area (Å²) in [7, 11) is 0. The number of fused-ring (bicyclic) bond motifs is 1. The molecule has 142 valence electrons. The van der Waals surface area contributed by atoms with Crippen molar-refractivity contribution in [2.75, 3.05) is 6.54 Å². The minimum atomic E-state index is -0.114. The Morgan fingerprint density at radius 2 is 1.96 bits per heavy atom. The van der Waals surface area contributed by atoms with Crippen molar-refractivity contribution >= 4 is 5.91 Å². The fourth-order valence-electron chi connectivity index (χ4n) is 4.69. The van der Waals surface area contributed by atoms with E-state index in [0.717, 1.165) is 31.4 Å². The second-order valence-electron chi connectivity index (χ2n) is 8.09. The van der Waals surface area contributed by atoms with E-state index in [1.807, 2.05) is 11.0 Å². The van der Waals surface area contributed by atoms with Crippen molar-refractivity contribution < 1.29 is 4.79 Å². The standard InChI is InChI=1S/C22H27N3O2/c26-20(25-13-9-19-18(15-25)21(27)24-16-23-19)14-22(10-4-5-11-22)12-8-17-6-2-1-3-7-17/h1-3,6-7,16H,4-5,8-15H2,(H,23,24,27). The van der Waals surface area contributed by atoms with Gasteiger partial charge in [0.2, 0.25) is 5.91 Å². The van der Waals surface area contributed by atoms with Gasteiger partial charge in [-0.05, 0) is 36.7 Å². The first-order chi connectivity index (χ1) is 13.2. The van der Waals surface area contributed by atoms with Crippen LogP contribution in [0, 0.1) is 5.41 Å². The molecule has 5 nitrogen and oxygen atoms in total. The van der Waals surface area contributed by atoms with Crippen LogP contribution in [0.3, 0.4) is 0 Å². The maximum absolute atomic E-state index is 13.1. The van der Waals surface area contributed by atoms with Crippen LogP contribution in [0.1, 0.15) is 55.3 Å². The fourth-order valence-corrected chi connectivity index (χ4v) is 4.69. The van der Waals surface area contributed by atoms with Crippen LogP contribution in [-0.4, -0.2) is 27.3 Å². The summed E-state index contributed by atoms with van der Waals surface area (Å²) >= 11 is 0. The Morgan fingerprint density at radius 3 is 2.74 bits per heavy atom. The molecule has 1 aromatic carbocycles. The Bertz CT molecular complexity index is 853. The molecule has 5 heteroatoms. The van der Waals surface area contributed by atoms with Gasteiger partial charge in [-0.2, -0.15) is 0 Å². The van der Waals surface area contributed by atoms with Crippen LogP contribution >= 0.6 is 0 Å². The van der Waals surface area contributed by atoms with Crippen molar-refractivity contribution in [3.8, 4) is 0 Å². The number of benzene rings is 1. The Balaban J connectivity index is 1.43. The first-order valence-electron chi connectivity index (χ1n) is 10.0. The summed E-state index contributed by atoms with van der Waals surface area (Å²) in [4.78, 5) is 33.9. The van der Waals surface area contributed by atoms with E-state index in [4.69, 9.17) is 0 Å². The van der Waals surface area contributed by atoms with E-state index in [1.165, 1.54) is 24.7 Å². The Morgan fingerprint density at radius 1 is 1.19 bits per heavy atom. The van der Waals surface area contributed by atoms with E-state index in [2.05, 4.69) is 34.2 Å². The zero-order chi connectivity index (χ0) is 18.7. The number of rotatable bonds is 5. The average molecular weight is 365 g/mol. The van der Waals surface area contributed by atoms with Crippen LogP contribution in [0.15, 0.2) is 41.5 Å². The molecule has 0 spiro atoms. The molecule has 1 fully saturated rings. The largest absolute Gasteiger partial charge is 0.338 e. The highest BCUT2D eigenvalue weighted by atomic mass is 16.2. The monoisotopic (exact) mass is 365 g/mol. The number of aryl methyl sites for hydroxylation is 1. The zero-order valence-corrected chi connectivity index (χ0v) is 15.7. The van der Waals surface area contributed by atoms with Gasteiger partial charge in [0.15, 0.2) is 0 Å². The molecule has 1 aromatic heterocycles. The zero-order valence-electron chi connectivity index (χ0n) is 15.7. The first-order valence-corrected chi connectivity index (χ1v) is 10.0. The quantitative estimate of drug-likeness (QED) is 0.885. The summed E-state index contributed by atoms with van der Waals surface area (Å²) < 4.78 is 0. The van der Waals surface area contributed by atoms with Crippen molar-refractivity contribution in [3.63, 3.8) is 0 Å². The molecule has 1 amide bonds. The van der Waals surface area contributed by atoms with Crippen molar-refractivity contribution in [2.45, 2.75) is 57.9 Å². The number of aromatic nitrogens is 2. The molecule has 0 unspecified atom stereocenters. The highest BCUT2D eigenvalue weighted by Crippen LogP contribution is 2.45. The number of amides is 1. The maximum Gasteiger partial charge on any atom is 0.255 e. The van der Waals surface area contributed by atoms with E-state index < -0.39 is 0 Å². The summed E-state index contributed by atoms with van der Waals surface area (Å²) in [5.74, 6) is 0.193. The van der Waals surface area contributed by atoms with Gasteiger partial charge in [0.05, 0.1) is 24.1 Å². The molecule has 2 heterocycles. The normalized spacial score (nSPS) is 18.3. The van der Waals surface area contributed by atoms with Crippen molar-refractivity contribution in [1.29, 1.82) is 0 Å². The van der Waals surface area contributed by atoms with Crippen LogP contribution < -0.4 is 5.56 Å². The van der Waals surface area contributed by atoms with Gasteiger partial charge in [0, 0.05) is 19.4 Å². The SMILES string of the molecule is O=C(CC1(CCc2ccccc2)CCCC1)N1CCc2nc[nH]c(=O)c2C1. The van der Waals surface area contributed by atoms with Gasteiger partial charge in [-0.3, -0.25) is 9.59 Å². The van der Waals surface area contributed by atoms with Crippen molar-refractivity contribution in [1.82, 2.24) is 14.9 Å². The molecule has 0 radical (unpaired) electrons. The first kappa shape index (κ1) is 18.0. The number of nitrogens with one attached hydrogen (secondary N) is 1. The molecular weight excluding hydrogens is 338 g/mol. The highest BCUT2D eigenvalue weighted by molar-refractivity contribution is 5.77. The average Bonchev–Trinajstić information content (AvgIpc) is 3.16. The van der Waals surface area contributed by atoms with Crippen LogP contribution in [-0.2, 0) is 24.2 Å². The third-order valence-electron chi connectivity index (χ3n) is 6.34. The molecule has 0 bridgehead atoms. The number of hydrogen-bond donors (Lipinski definition) is 1. The van der Waals surface area contributed by atoms with Gasteiger partial charge < -0.3 is 9.88 Å². The summed E-state index contributed by atoms with van der Waals surface area (Å²) in [6.45, 7) is 1.06. The topological polar surface area (TPSA) is 66.1 Å². The van der Waals surface area contributed by atoms with Gasteiger partial charge in [0.25, 0.3) is 5.56 Å². The van der Waals surface area contributed by atoms with Gasteiger partial charge in [-0.25, -0.2) is 4.98 Å². The van der Waals surface area contributed by atoms with Gasteiger partial charge >= 0.3 is 0 Å². The van der Waals surface area contributed by atoms with E-state index in [0.29, 0.717) is 31.5 Å².